The van der Waals surface area contributed by atoms with Gasteiger partial charge in [0, 0.05) is 10.8 Å². The van der Waals surface area contributed by atoms with Gasteiger partial charge in [0.15, 0.2) is 0 Å². The Balaban J connectivity index is 2.53. The van der Waals surface area contributed by atoms with Crippen molar-refractivity contribution in [1.29, 1.82) is 0 Å². The molecule has 1 aliphatic carbocycles. The molecule has 1 aliphatic rings. The highest BCUT2D eigenvalue weighted by molar-refractivity contribution is 8.00. The maximum atomic E-state index is 6.39. The summed E-state index contributed by atoms with van der Waals surface area (Å²) in [6.45, 7) is 4.57. The molecule has 0 radical (unpaired) electrons. The van der Waals surface area contributed by atoms with E-state index >= 15 is 0 Å². The molecule has 1 unspecified atom stereocenters. The van der Waals surface area contributed by atoms with E-state index in [0.717, 1.165) is 5.92 Å². The fourth-order valence-corrected chi connectivity index (χ4v) is 2.84. The number of rotatable bonds is 3. The molecule has 0 heterocycles. The van der Waals surface area contributed by atoms with Gasteiger partial charge in [-0.2, -0.15) is 11.8 Å². The van der Waals surface area contributed by atoms with Crippen LogP contribution < -0.4 is 5.73 Å². The first-order valence-corrected chi connectivity index (χ1v) is 7.11. The average molecular weight is 215 g/mol. The van der Waals surface area contributed by atoms with Gasteiger partial charge in [-0.25, -0.2) is 0 Å². The summed E-state index contributed by atoms with van der Waals surface area (Å²) in [7, 11) is 0. The molecule has 2 heteroatoms. The zero-order valence-electron chi connectivity index (χ0n) is 9.88. The van der Waals surface area contributed by atoms with Gasteiger partial charge >= 0.3 is 0 Å². The maximum Gasteiger partial charge on any atom is 0.0254 e. The van der Waals surface area contributed by atoms with Crippen LogP contribution in [0.1, 0.15) is 52.4 Å². The molecule has 0 aromatic carbocycles. The predicted octanol–water partition coefficient (Wildman–Crippen LogP) is 3.43. The lowest BCUT2D eigenvalue weighted by molar-refractivity contribution is 0.331. The summed E-state index contributed by atoms with van der Waals surface area (Å²) in [5, 5.41) is 0. The van der Waals surface area contributed by atoms with Crippen molar-refractivity contribution in [1.82, 2.24) is 0 Å². The third kappa shape index (κ3) is 3.16. The minimum Gasteiger partial charge on any atom is -0.326 e. The third-order valence-corrected chi connectivity index (χ3v) is 5.06. The normalized spacial score (nSPS) is 23.1. The second-order valence-corrected chi connectivity index (χ2v) is 6.55. The Morgan fingerprint density at radius 2 is 1.64 bits per heavy atom. The Kier molecular flexibility index (Phi) is 4.78. The lowest BCUT2D eigenvalue weighted by Gasteiger charge is -2.35. The van der Waals surface area contributed by atoms with Crippen LogP contribution in [0.5, 0.6) is 0 Å². The summed E-state index contributed by atoms with van der Waals surface area (Å²) in [6, 6.07) is 0.371. The molecule has 1 saturated carbocycles. The van der Waals surface area contributed by atoms with Gasteiger partial charge in [0.25, 0.3) is 0 Å². The van der Waals surface area contributed by atoms with Crippen LogP contribution in [0.2, 0.25) is 0 Å². The topological polar surface area (TPSA) is 26.0 Å². The molecule has 1 atom stereocenters. The van der Waals surface area contributed by atoms with Crippen LogP contribution in [0.4, 0.5) is 0 Å². The monoisotopic (exact) mass is 215 g/mol. The fourth-order valence-electron chi connectivity index (χ4n) is 2.37. The van der Waals surface area contributed by atoms with Crippen molar-refractivity contribution in [3.8, 4) is 0 Å². The van der Waals surface area contributed by atoms with Gasteiger partial charge < -0.3 is 5.73 Å². The molecule has 0 aliphatic heterocycles. The first-order chi connectivity index (χ1) is 6.58. The summed E-state index contributed by atoms with van der Waals surface area (Å²) < 4.78 is 0.245. The first-order valence-electron chi connectivity index (χ1n) is 5.88. The zero-order valence-corrected chi connectivity index (χ0v) is 10.7. The molecule has 0 spiro atoms. The summed E-state index contributed by atoms with van der Waals surface area (Å²) in [6.07, 6.45) is 10.5. The van der Waals surface area contributed by atoms with E-state index in [9.17, 15) is 0 Å². The molecule has 1 fully saturated rings. The molecule has 0 bridgehead atoms. The van der Waals surface area contributed by atoms with Crippen LogP contribution in [-0.2, 0) is 0 Å². The van der Waals surface area contributed by atoms with Crippen LogP contribution in [0, 0.1) is 5.92 Å². The Morgan fingerprint density at radius 1 is 1.14 bits per heavy atom. The van der Waals surface area contributed by atoms with E-state index in [2.05, 4.69) is 20.1 Å². The molecule has 14 heavy (non-hydrogen) atoms. The van der Waals surface area contributed by atoms with Gasteiger partial charge in [0.05, 0.1) is 0 Å². The molecule has 2 N–H and O–H groups in total. The maximum absolute atomic E-state index is 6.39. The van der Waals surface area contributed by atoms with Gasteiger partial charge in [-0.3, -0.25) is 0 Å². The molecule has 0 aromatic heterocycles. The van der Waals surface area contributed by atoms with E-state index < -0.39 is 0 Å². The van der Waals surface area contributed by atoms with Crippen LogP contribution in [-0.4, -0.2) is 17.0 Å². The van der Waals surface area contributed by atoms with Crippen molar-refractivity contribution in [3.05, 3.63) is 0 Å². The van der Waals surface area contributed by atoms with Crippen LogP contribution >= 0.6 is 11.8 Å². The van der Waals surface area contributed by atoms with E-state index in [1.165, 1.54) is 38.5 Å². The molecule has 84 valence electrons. The van der Waals surface area contributed by atoms with Gasteiger partial charge in [0.1, 0.15) is 0 Å². The number of hydrogen-bond acceptors (Lipinski definition) is 2. The van der Waals surface area contributed by atoms with E-state index in [-0.39, 0.29) is 4.75 Å². The minimum absolute atomic E-state index is 0.245. The highest BCUT2D eigenvalue weighted by Gasteiger charge is 2.31. The van der Waals surface area contributed by atoms with Gasteiger partial charge in [-0.1, -0.05) is 25.7 Å². The van der Waals surface area contributed by atoms with Crippen LogP contribution in [0.3, 0.4) is 0 Å². The largest absolute Gasteiger partial charge is 0.326 e. The second kappa shape index (κ2) is 5.41. The smallest absolute Gasteiger partial charge is 0.0254 e. The van der Waals surface area contributed by atoms with E-state index in [0.29, 0.717) is 6.04 Å². The van der Waals surface area contributed by atoms with Crippen molar-refractivity contribution >= 4 is 11.8 Å². The fraction of sp³-hybridized carbons (Fsp3) is 1.00. The Labute approximate surface area is 93.2 Å². The predicted molar refractivity (Wildman–Crippen MR) is 66.8 cm³/mol. The first kappa shape index (κ1) is 12.4. The Morgan fingerprint density at radius 3 is 2.07 bits per heavy atom. The minimum atomic E-state index is 0.245. The SMILES string of the molecule is CSC(C)(C)C(N)C1CCCCCC1. The second-order valence-electron chi connectivity index (χ2n) is 5.09. The zero-order chi connectivity index (χ0) is 10.6. The van der Waals surface area contributed by atoms with E-state index in [1.54, 1.807) is 0 Å². The quantitative estimate of drug-likeness (QED) is 0.730. The Hall–Kier alpha value is 0.310. The van der Waals surface area contributed by atoms with Gasteiger partial charge in [-0.15, -0.1) is 0 Å². The van der Waals surface area contributed by atoms with Crippen molar-refractivity contribution in [3.63, 3.8) is 0 Å². The molecule has 0 amide bonds. The summed E-state index contributed by atoms with van der Waals surface area (Å²) >= 11 is 1.91. The van der Waals surface area contributed by atoms with Crippen molar-refractivity contribution in [2.45, 2.75) is 63.2 Å². The van der Waals surface area contributed by atoms with E-state index in [4.69, 9.17) is 5.73 Å². The van der Waals surface area contributed by atoms with Crippen molar-refractivity contribution in [2.24, 2.45) is 11.7 Å². The summed E-state index contributed by atoms with van der Waals surface area (Å²) in [5.41, 5.74) is 6.39. The van der Waals surface area contributed by atoms with Crippen molar-refractivity contribution < 1.29 is 0 Å². The van der Waals surface area contributed by atoms with Gasteiger partial charge in [-0.05, 0) is 38.9 Å². The third-order valence-electron chi connectivity index (χ3n) is 3.74. The highest BCUT2D eigenvalue weighted by atomic mass is 32.2. The highest BCUT2D eigenvalue weighted by Crippen LogP contribution is 2.34. The summed E-state index contributed by atoms with van der Waals surface area (Å²) in [4.78, 5) is 0. The lowest BCUT2D eigenvalue weighted by atomic mass is 9.85. The average Bonchev–Trinajstić information content (AvgIpc) is 2.44. The molecular formula is C12H25NS. The van der Waals surface area contributed by atoms with Crippen molar-refractivity contribution in [2.75, 3.05) is 6.26 Å². The molecule has 0 aromatic rings. The molecular weight excluding hydrogens is 190 g/mol. The number of thioether (sulfide) groups is 1. The molecule has 1 nitrogen and oxygen atoms in total. The number of nitrogens with two attached hydrogens (primary N) is 1. The standard InChI is InChI=1S/C12H25NS/c1-12(2,14-3)11(13)10-8-6-4-5-7-9-10/h10-11H,4-9,13H2,1-3H3. The Bertz CT molecular complexity index is 160. The number of hydrogen-bond donors (Lipinski definition) is 1. The van der Waals surface area contributed by atoms with E-state index in [1.807, 2.05) is 11.8 Å². The van der Waals surface area contributed by atoms with Gasteiger partial charge in [0.2, 0.25) is 0 Å². The molecule has 1 rings (SSSR count). The lowest BCUT2D eigenvalue weighted by Crippen LogP contribution is -2.46. The molecule has 0 saturated heterocycles. The van der Waals surface area contributed by atoms with Crippen LogP contribution in [0.25, 0.3) is 0 Å². The van der Waals surface area contributed by atoms with Crippen LogP contribution in [0.15, 0.2) is 0 Å². The summed E-state index contributed by atoms with van der Waals surface area (Å²) in [5.74, 6) is 0.764.